The molecule has 1 fully saturated rings. The Hall–Kier alpha value is -2.38. The lowest BCUT2D eigenvalue weighted by Crippen LogP contribution is -2.42. The molecular formula is C14H21N5O3. The number of carbonyl (C=O) groups is 3. The highest BCUT2D eigenvalue weighted by molar-refractivity contribution is 5.82. The van der Waals surface area contributed by atoms with Crippen LogP contribution in [0.5, 0.6) is 0 Å². The quantitative estimate of drug-likeness (QED) is 0.771. The second-order valence-corrected chi connectivity index (χ2v) is 5.32. The van der Waals surface area contributed by atoms with Gasteiger partial charge in [0.15, 0.2) is 0 Å². The number of hydrogen-bond donors (Lipinski definition) is 1. The van der Waals surface area contributed by atoms with Gasteiger partial charge in [-0.3, -0.25) is 19.1 Å². The summed E-state index contributed by atoms with van der Waals surface area (Å²) < 4.78 is 1.55. The van der Waals surface area contributed by atoms with Gasteiger partial charge in [-0.1, -0.05) is 0 Å². The average molecular weight is 307 g/mol. The van der Waals surface area contributed by atoms with E-state index in [9.17, 15) is 14.4 Å². The van der Waals surface area contributed by atoms with Crippen LogP contribution in [0.25, 0.3) is 0 Å². The number of aromatic nitrogens is 2. The van der Waals surface area contributed by atoms with Crippen LogP contribution in [0.4, 0.5) is 0 Å². The average Bonchev–Trinajstić information content (AvgIpc) is 2.88. The van der Waals surface area contributed by atoms with E-state index in [-0.39, 0.29) is 24.3 Å². The Bertz CT molecular complexity index is 543. The molecule has 1 aliphatic rings. The van der Waals surface area contributed by atoms with Crippen molar-refractivity contribution in [2.24, 2.45) is 5.92 Å². The van der Waals surface area contributed by atoms with Gasteiger partial charge in [0.1, 0.15) is 6.54 Å². The molecular weight excluding hydrogens is 286 g/mol. The van der Waals surface area contributed by atoms with Gasteiger partial charge in [0.05, 0.1) is 5.92 Å². The van der Waals surface area contributed by atoms with Crippen LogP contribution in [0.2, 0.25) is 0 Å². The lowest BCUT2D eigenvalue weighted by molar-refractivity contribution is -0.133. The van der Waals surface area contributed by atoms with Crippen molar-refractivity contribution < 1.29 is 14.4 Å². The summed E-state index contributed by atoms with van der Waals surface area (Å²) in [6.07, 6.45) is 3.33. The summed E-state index contributed by atoms with van der Waals surface area (Å²) in [6.45, 7) is 3.11. The van der Waals surface area contributed by atoms with E-state index in [2.05, 4.69) is 10.4 Å². The van der Waals surface area contributed by atoms with Gasteiger partial charge in [0, 0.05) is 52.5 Å². The van der Waals surface area contributed by atoms with Crippen molar-refractivity contribution in [3.8, 4) is 0 Å². The summed E-state index contributed by atoms with van der Waals surface area (Å²) in [7, 11) is 1.56. The zero-order valence-corrected chi connectivity index (χ0v) is 12.9. The highest BCUT2D eigenvalue weighted by Gasteiger charge is 2.30. The Kier molecular flexibility index (Phi) is 5.13. The number of nitrogens with zero attached hydrogens (tertiary/aromatic N) is 4. The third-order valence-electron chi connectivity index (χ3n) is 3.79. The van der Waals surface area contributed by atoms with Crippen molar-refractivity contribution in [2.75, 3.05) is 33.2 Å². The summed E-state index contributed by atoms with van der Waals surface area (Å²) in [5, 5.41) is 6.61. The Morgan fingerprint density at radius 2 is 1.91 bits per heavy atom. The smallest absolute Gasteiger partial charge is 0.244 e. The summed E-state index contributed by atoms with van der Waals surface area (Å²) in [5.74, 6) is -0.777. The van der Waals surface area contributed by atoms with E-state index in [1.807, 2.05) is 0 Å². The van der Waals surface area contributed by atoms with Crippen LogP contribution in [-0.2, 0) is 20.9 Å². The van der Waals surface area contributed by atoms with E-state index in [0.29, 0.717) is 26.2 Å². The van der Waals surface area contributed by atoms with Gasteiger partial charge in [0.25, 0.3) is 0 Å². The van der Waals surface area contributed by atoms with Crippen molar-refractivity contribution in [3.63, 3.8) is 0 Å². The number of nitrogens with one attached hydrogen (secondary N) is 1. The summed E-state index contributed by atoms with van der Waals surface area (Å²) in [6, 6.07) is 1.75. The fraction of sp³-hybridized carbons (Fsp3) is 0.571. The van der Waals surface area contributed by atoms with E-state index in [0.717, 1.165) is 0 Å². The summed E-state index contributed by atoms with van der Waals surface area (Å²) in [5.41, 5.74) is 0. The zero-order valence-electron chi connectivity index (χ0n) is 12.9. The maximum Gasteiger partial charge on any atom is 0.244 e. The Balaban J connectivity index is 2.08. The Morgan fingerprint density at radius 3 is 2.50 bits per heavy atom. The van der Waals surface area contributed by atoms with Crippen LogP contribution in [0, 0.1) is 5.92 Å². The lowest BCUT2D eigenvalue weighted by Gasteiger charge is -2.23. The van der Waals surface area contributed by atoms with Crippen molar-refractivity contribution in [3.05, 3.63) is 18.5 Å². The molecule has 0 saturated carbocycles. The molecule has 8 heteroatoms. The maximum atomic E-state index is 12.4. The van der Waals surface area contributed by atoms with E-state index in [1.165, 1.54) is 6.92 Å². The normalized spacial score (nSPS) is 18.7. The van der Waals surface area contributed by atoms with E-state index in [4.69, 9.17) is 0 Å². The van der Waals surface area contributed by atoms with Crippen LogP contribution >= 0.6 is 0 Å². The standard InChI is InChI=1S/C14H21N5O3/c1-11(20)17-6-7-18(9-12(8-17)14(22)15-2)13(21)10-19-5-3-4-16-19/h3-5,12H,6-10H2,1-2H3,(H,15,22). The molecule has 0 bridgehead atoms. The molecule has 0 aromatic carbocycles. The SMILES string of the molecule is CNC(=O)C1CN(C(C)=O)CCN(C(=O)Cn2cccn2)C1. The van der Waals surface area contributed by atoms with E-state index < -0.39 is 5.92 Å². The van der Waals surface area contributed by atoms with Crippen LogP contribution in [0.3, 0.4) is 0 Å². The Labute approximate surface area is 129 Å². The first-order chi connectivity index (χ1) is 10.5. The molecule has 120 valence electrons. The lowest BCUT2D eigenvalue weighted by atomic mass is 10.1. The van der Waals surface area contributed by atoms with Crippen molar-refractivity contribution >= 4 is 17.7 Å². The van der Waals surface area contributed by atoms with Crippen LogP contribution in [0.1, 0.15) is 6.92 Å². The third-order valence-corrected chi connectivity index (χ3v) is 3.79. The monoisotopic (exact) mass is 307 g/mol. The first-order valence-corrected chi connectivity index (χ1v) is 7.23. The van der Waals surface area contributed by atoms with Gasteiger partial charge in [0.2, 0.25) is 17.7 Å². The van der Waals surface area contributed by atoms with E-state index in [1.54, 1.807) is 40.0 Å². The molecule has 22 heavy (non-hydrogen) atoms. The van der Waals surface area contributed by atoms with Gasteiger partial charge in [-0.05, 0) is 6.07 Å². The predicted octanol–water partition coefficient (Wildman–Crippen LogP) is -1.06. The number of amides is 3. The van der Waals surface area contributed by atoms with Crippen molar-refractivity contribution in [1.82, 2.24) is 24.9 Å². The predicted molar refractivity (Wildman–Crippen MR) is 78.6 cm³/mol. The molecule has 0 spiro atoms. The van der Waals surface area contributed by atoms with Crippen molar-refractivity contribution in [2.45, 2.75) is 13.5 Å². The maximum absolute atomic E-state index is 12.4. The zero-order chi connectivity index (χ0) is 16.1. The second kappa shape index (κ2) is 7.06. The first kappa shape index (κ1) is 16.0. The third kappa shape index (κ3) is 3.84. The fourth-order valence-corrected chi connectivity index (χ4v) is 2.53. The minimum absolute atomic E-state index is 0.0877. The number of hydrogen-bond acceptors (Lipinski definition) is 4. The molecule has 1 unspecified atom stereocenters. The Morgan fingerprint density at radius 1 is 1.23 bits per heavy atom. The van der Waals surface area contributed by atoms with Gasteiger partial charge in [-0.15, -0.1) is 0 Å². The molecule has 2 rings (SSSR count). The minimum atomic E-state index is -0.419. The van der Waals surface area contributed by atoms with Gasteiger partial charge >= 0.3 is 0 Å². The largest absolute Gasteiger partial charge is 0.359 e. The van der Waals surface area contributed by atoms with Crippen molar-refractivity contribution in [1.29, 1.82) is 0 Å². The number of rotatable bonds is 3. The highest BCUT2D eigenvalue weighted by atomic mass is 16.2. The second-order valence-electron chi connectivity index (χ2n) is 5.32. The van der Waals surface area contributed by atoms with Crippen LogP contribution < -0.4 is 5.32 Å². The molecule has 1 aliphatic heterocycles. The van der Waals surface area contributed by atoms with Crippen LogP contribution in [-0.4, -0.2) is 70.5 Å². The number of carbonyl (C=O) groups excluding carboxylic acids is 3. The van der Waals surface area contributed by atoms with Gasteiger partial charge in [-0.2, -0.15) is 5.10 Å². The highest BCUT2D eigenvalue weighted by Crippen LogP contribution is 2.11. The molecule has 2 heterocycles. The molecule has 0 radical (unpaired) electrons. The molecule has 1 aromatic rings. The molecule has 3 amide bonds. The van der Waals surface area contributed by atoms with Gasteiger partial charge in [-0.25, -0.2) is 0 Å². The molecule has 1 N–H and O–H groups in total. The fourth-order valence-electron chi connectivity index (χ4n) is 2.53. The summed E-state index contributed by atoms with van der Waals surface area (Å²) in [4.78, 5) is 39.2. The molecule has 0 aliphatic carbocycles. The van der Waals surface area contributed by atoms with E-state index >= 15 is 0 Å². The molecule has 1 aromatic heterocycles. The summed E-state index contributed by atoms with van der Waals surface area (Å²) >= 11 is 0. The molecule has 1 saturated heterocycles. The van der Waals surface area contributed by atoms with Crippen LogP contribution in [0.15, 0.2) is 18.5 Å². The topological polar surface area (TPSA) is 87.5 Å². The first-order valence-electron chi connectivity index (χ1n) is 7.23. The molecule has 1 atom stereocenters. The van der Waals surface area contributed by atoms with Gasteiger partial charge < -0.3 is 15.1 Å². The molecule has 8 nitrogen and oxygen atoms in total. The minimum Gasteiger partial charge on any atom is -0.359 e.